The zero-order valence-electron chi connectivity index (χ0n) is 23.0. The summed E-state index contributed by atoms with van der Waals surface area (Å²) in [5.74, 6) is 1.25. The highest BCUT2D eigenvalue weighted by molar-refractivity contribution is 6.04. The van der Waals surface area contributed by atoms with Crippen LogP contribution in [0.3, 0.4) is 0 Å². The maximum atomic E-state index is 13.5. The molecule has 0 radical (unpaired) electrons. The molecular weight excluding hydrogens is 494 g/mol. The van der Waals surface area contributed by atoms with E-state index in [2.05, 4.69) is 20.5 Å². The van der Waals surface area contributed by atoms with Crippen molar-refractivity contribution in [2.45, 2.75) is 76.9 Å². The van der Waals surface area contributed by atoms with E-state index in [4.69, 9.17) is 10.5 Å². The van der Waals surface area contributed by atoms with Gasteiger partial charge in [-0.25, -0.2) is 4.98 Å². The molecule has 1 saturated heterocycles. The lowest BCUT2D eigenvalue weighted by Gasteiger charge is -2.38. The number of rotatable bonds is 10. The predicted molar refractivity (Wildman–Crippen MR) is 151 cm³/mol. The smallest absolute Gasteiger partial charge is 0.255 e. The van der Waals surface area contributed by atoms with Gasteiger partial charge in [-0.05, 0) is 82.1 Å². The minimum Gasteiger partial charge on any atom is -0.496 e. The summed E-state index contributed by atoms with van der Waals surface area (Å²) < 4.78 is 5.49. The Morgan fingerprint density at radius 2 is 1.95 bits per heavy atom. The SMILES string of the molecule is CC[C@@H](C)Nc1cc(C(=O)NC2CC3CCCN(c4ccc(C(=O)C5CC5)cn4)C3C2)c(OC)cc1C(N)=O. The molecule has 3 fully saturated rings. The summed E-state index contributed by atoms with van der Waals surface area (Å²) >= 11 is 0. The number of benzene rings is 1. The zero-order valence-corrected chi connectivity index (χ0v) is 23.0. The number of primary amides is 1. The van der Waals surface area contributed by atoms with Gasteiger partial charge >= 0.3 is 0 Å². The van der Waals surface area contributed by atoms with Crippen LogP contribution in [0.1, 0.15) is 89.9 Å². The number of fused-ring (bicyclic) bond motifs is 1. The Bertz CT molecular complexity index is 1240. The molecule has 4 atom stereocenters. The normalized spacial score (nSPS) is 23.1. The minimum atomic E-state index is -0.579. The summed E-state index contributed by atoms with van der Waals surface area (Å²) in [5, 5.41) is 6.53. The van der Waals surface area contributed by atoms with Crippen LogP contribution >= 0.6 is 0 Å². The number of hydrogen-bond acceptors (Lipinski definition) is 7. The van der Waals surface area contributed by atoms with Crippen LogP contribution in [0.4, 0.5) is 11.5 Å². The molecule has 3 unspecified atom stereocenters. The highest BCUT2D eigenvalue weighted by Gasteiger charge is 2.41. The van der Waals surface area contributed by atoms with Gasteiger partial charge in [-0.1, -0.05) is 6.92 Å². The number of nitrogens with zero attached hydrogens (tertiary/aromatic N) is 2. The monoisotopic (exact) mass is 533 g/mol. The van der Waals surface area contributed by atoms with Gasteiger partial charge in [0, 0.05) is 48.0 Å². The number of amides is 2. The molecule has 2 amide bonds. The molecule has 2 aliphatic carbocycles. The summed E-state index contributed by atoms with van der Waals surface area (Å²) in [4.78, 5) is 45.0. The average molecular weight is 534 g/mol. The van der Waals surface area contributed by atoms with Crippen LogP contribution < -0.4 is 26.0 Å². The molecule has 9 heteroatoms. The Morgan fingerprint density at radius 1 is 1.15 bits per heavy atom. The molecule has 4 N–H and O–H groups in total. The number of nitrogens with two attached hydrogens (primary N) is 1. The number of Topliss-reactive ketones (excluding diaryl/α,β-unsaturated/α-hetero) is 1. The van der Waals surface area contributed by atoms with Crippen LogP contribution in [0.15, 0.2) is 30.5 Å². The summed E-state index contributed by atoms with van der Waals surface area (Å²) in [6.45, 7) is 4.96. The summed E-state index contributed by atoms with van der Waals surface area (Å²) in [6.07, 6.45) is 8.44. The molecule has 208 valence electrons. The zero-order chi connectivity index (χ0) is 27.7. The number of nitrogens with one attached hydrogen (secondary N) is 2. The minimum absolute atomic E-state index is 0.00955. The molecule has 1 aliphatic heterocycles. The van der Waals surface area contributed by atoms with E-state index in [1.54, 1.807) is 18.3 Å². The molecule has 0 spiro atoms. The number of ether oxygens (including phenoxy) is 1. The van der Waals surface area contributed by atoms with Gasteiger partial charge < -0.3 is 26.0 Å². The maximum absolute atomic E-state index is 13.5. The number of piperidine rings is 1. The van der Waals surface area contributed by atoms with E-state index in [9.17, 15) is 14.4 Å². The Hall–Kier alpha value is -3.62. The molecule has 2 saturated carbocycles. The fourth-order valence-corrected chi connectivity index (χ4v) is 6.05. The first-order chi connectivity index (χ1) is 18.8. The molecule has 39 heavy (non-hydrogen) atoms. The third kappa shape index (κ3) is 5.72. The molecule has 2 aromatic rings. The van der Waals surface area contributed by atoms with Gasteiger partial charge in [0.25, 0.3) is 11.8 Å². The van der Waals surface area contributed by atoms with E-state index in [-0.39, 0.29) is 35.7 Å². The van der Waals surface area contributed by atoms with Crippen molar-refractivity contribution < 1.29 is 19.1 Å². The lowest BCUT2D eigenvalue weighted by atomic mass is 9.92. The van der Waals surface area contributed by atoms with Crippen molar-refractivity contribution in [3.63, 3.8) is 0 Å². The molecule has 1 aromatic carbocycles. The highest BCUT2D eigenvalue weighted by Crippen LogP contribution is 2.40. The first-order valence-electron chi connectivity index (χ1n) is 14.1. The highest BCUT2D eigenvalue weighted by atomic mass is 16.5. The average Bonchev–Trinajstić information content (AvgIpc) is 3.71. The Labute approximate surface area is 229 Å². The van der Waals surface area contributed by atoms with Gasteiger partial charge in [0.15, 0.2) is 5.78 Å². The second-order valence-electron chi connectivity index (χ2n) is 11.3. The van der Waals surface area contributed by atoms with Crippen molar-refractivity contribution >= 4 is 29.1 Å². The predicted octanol–water partition coefficient (Wildman–Crippen LogP) is 4.17. The van der Waals surface area contributed by atoms with E-state index in [1.165, 1.54) is 7.11 Å². The number of aromatic nitrogens is 1. The fourth-order valence-electron chi connectivity index (χ4n) is 6.05. The van der Waals surface area contributed by atoms with Gasteiger partial charge in [0.1, 0.15) is 11.6 Å². The van der Waals surface area contributed by atoms with E-state index in [1.807, 2.05) is 26.0 Å². The van der Waals surface area contributed by atoms with E-state index >= 15 is 0 Å². The topological polar surface area (TPSA) is 127 Å². The van der Waals surface area contributed by atoms with Crippen molar-refractivity contribution in [1.82, 2.24) is 10.3 Å². The standard InChI is InChI=1S/C30H39N5O4/c1-4-17(2)33-24-14-23(26(39-3)15-22(24)29(31)37)30(38)34-21-12-19-6-5-11-35(25(19)13-21)27-10-9-20(16-32-27)28(36)18-7-8-18/h9-10,14-19,21,25,33H,4-8,11-13H2,1-3H3,(H2,31,37)(H,34,38)/t17-,19?,21?,25?/m1/s1. The van der Waals surface area contributed by atoms with Crippen LogP contribution in [-0.4, -0.2) is 54.4 Å². The van der Waals surface area contributed by atoms with E-state index < -0.39 is 5.91 Å². The number of carbonyl (C=O) groups is 3. The third-order valence-corrected chi connectivity index (χ3v) is 8.51. The van der Waals surface area contributed by atoms with Crippen LogP contribution in [0.2, 0.25) is 0 Å². The Morgan fingerprint density at radius 3 is 2.59 bits per heavy atom. The molecule has 3 aliphatic rings. The number of anilines is 2. The van der Waals surface area contributed by atoms with Crippen LogP contribution in [0, 0.1) is 11.8 Å². The molecular formula is C30H39N5O4. The van der Waals surface area contributed by atoms with Crippen molar-refractivity contribution in [3.05, 3.63) is 47.2 Å². The van der Waals surface area contributed by atoms with Gasteiger partial charge in [0.2, 0.25) is 0 Å². The van der Waals surface area contributed by atoms with Crippen molar-refractivity contribution in [1.29, 1.82) is 0 Å². The summed E-state index contributed by atoms with van der Waals surface area (Å²) in [5.41, 5.74) is 7.52. The molecule has 0 bridgehead atoms. The number of hydrogen-bond donors (Lipinski definition) is 3. The first kappa shape index (κ1) is 27.0. The largest absolute Gasteiger partial charge is 0.496 e. The van der Waals surface area contributed by atoms with Gasteiger partial charge in [-0.15, -0.1) is 0 Å². The lowest BCUT2D eigenvalue weighted by molar-refractivity contribution is 0.0930. The molecule has 2 heterocycles. The Kier molecular flexibility index (Phi) is 7.77. The second kappa shape index (κ2) is 11.2. The molecule has 5 rings (SSSR count). The van der Waals surface area contributed by atoms with E-state index in [0.29, 0.717) is 34.0 Å². The lowest BCUT2D eigenvalue weighted by Crippen LogP contribution is -2.43. The number of carbonyl (C=O) groups excluding carboxylic acids is 3. The van der Waals surface area contributed by atoms with Crippen molar-refractivity contribution in [2.24, 2.45) is 17.6 Å². The van der Waals surface area contributed by atoms with Crippen LogP contribution in [-0.2, 0) is 0 Å². The molecule has 9 nitrogen and oxygen atoms in total. The number of ketones is 1. The molecule has 1 aromatic heterocycles. The first-order valence-corrected chi connectivity index (χ1v) is 14.1. The quantitative estimate of drug-likeness (QED) is 0.391. The van der Waals surface area contributed by atoms with Gasteiger partial charge in [-0.3, -0.25) is 14.4 Å². The Balaban J connectivity index is 1.30. The van der Waals surface area contributed by atoms with Gasteiger partial charge in [0.05, 0.1) is 18.2 Å². The third-order valence-electron chi connectivity index (χ3n) is 8.51. The summed E-state index contributed by atoms with van der Waals surface area (Å²) in [6, 6.07) is 7.49. The number of pyridine rings is 1. The second-order valence-corrected chi connectivity index (χ2v) is 11.3. The van der Waals surface area contributed by atoms with Crippen molar-refractivity contribution in [3.8, 4) is 5.75 Å². The fraction of sp³-hybridized carbons (Fsp3) is 0.533. The summed E-state index contributed by atoms with van der Waals surface area (Å²) in [7, 11) is 1.48. The van der Waals surface area contributed by atoms with Crippen LogP contribution in [0.25, 0.3) is 0 Å². The van der Waals surface area contributed by atoms with Gasteiger partial charge in [-0.2, -0.15) is 0 Å². The van der Waals surface area contributed by atoms with Crippen molar-refractivity contribution in [2.75, 3.05) is 23.9 Å². The van der Waals surface area contributed by atoms with E-state index in [0.717, 1.165) is 57.3 Å². The maximum Gasteiger partial charge on any atom is 0.255 e. The number of methoxy groups -OCH3 is 1. The van der Waals surface area contributed by atoms with Crippen LogP contribution in [0.5, 0.6) is 5.75 Å².